The van der Waals surface area contributed by atoms with Gasteiger partial charge in [-0.15, -0.1) is 0 Å². The summed E-state index contributed by atoms with van der Waals surface area (Å²) in [6, 6.07) is 1.42. The molecule has 5 heteroatoms. The van der Waals surface area contributed by atoms with Crippen LogP contribution in [0.15, 0.2) is 0 Å². The van der Waals surface area contributed by atoms with Gasteiger partial charge in [0.15, 0.2) is 0 Å². The second-order valence-corrected chi connectivity index (χ2v) is 7.16. The van der Waals surface area contributed by atoms with Gasteiger partial charge in [-0.2, -0.15) is 0 Å². The predicted octanol–water partition coefficient (Wildman–Crippen LogP) is 1.70. The monoisotopic (exact) mass is 328 g/mol. The quantitative estimate of drug-likeness (QED) is 0.750. The van der Waals surface area contributed by atoms with Crippen LogP contribution in [0.2, 0.25) is 0 Å². The van der Waals surface area contributed by atoms with Gasteiger partial charge in [0.25, 0.3) is 0 Å². The van der Waals surface area contributed by atoms with Gasteiger partial charge in [-0.25, -0.2) is 0 Å². The smallest absolute Gasteiger partial charge is 0.0991 e. The summed E-state index contributed by atoms with van der Waals surface area (Å²) in [5.74, 6) is 0. The fourth-order valence-corrected chi connectivity index (χ4v) is 2.95. The summed E-state index contributed by atoms with van der Waals surface area (Å²) in [6.45, 7) is 22.4. The Kier molecular flexibility index (Phi) is 11.1. The number of rotatable bonds is 6. The Morgan fingerprint density at radius 2 is 1.35 bits per heavy atom. The van der Waals surface area contributed by atoms with Crippen molar-refractivity contribution in [3.8, 4) is 0 Å². The summed E-state index contributed by atoms with van der Waals surface area (Å²) in [6.07, 6.45) is 1.12. The molecule has 0 aromatic rings. The van der Waals surface area contributed by atoms with Crippen molar-refractivity contribution in [2.75, 3.05) is 65.7 Å². The van der Waals surface area contributed by atoms with Crippen molar-refractivity contribution in [2.45, 2.75) is 53.1 Å². The summed E-state index contributed by atoms with van der Waals surface area (Å²) in [4.78, 5) is 7.42. The van der Waals surface area contributed by atoms with Gasteiger partial charge in [0.05, 0.1) is 6.73 Å². The van der Waals surface area contributed by atoms with E-state index in [4.69, 9.17) is 4.74 Å². The van der Waals surface area contributed by atoms with Gasteiger partial charge in [0.2, 0.25) is 0 Å². The fourth-order valence-electron chi connectivity index (χ4n) is 2.95. The first kappa shape index (κ1) is 20.8. The number of nitrogens with one attached hydrogen (secondary N) is 1. The van der Waals surface area contributed by atoms with Crippen LogP contribution in [0, 0.1) is 0 Å². The number of nitrogens with zero attached hydrogens (tertiary/aromatic N) is 3. The zero-order valence-electron chi connectivity index (χ0n) is 16.2. The molecule has 0 aromatic heterocycles. The third-order valence-electron chi connectivity index (χ3n) is 4.64. The van der Waals surface area contributed by atoms with Crippen LogP contribution < -0.4 is 5.32 Å². The molecule has 5 nitrogen and oxygen atoms in total. The van der Waals surface area contributed by atoms with Crippen LogP contribution in [-0.2, 0) is 4.74 Å². The first-order valence-electron chi connectivity index (χ1n) is 9.53. The SMILES string of the molecule is CC(C)N1CCNCC1.CCCOCN1CCN(C(C)C)CC1. The van der Waals surface area contributed by atoms with Crippen LogP contribution in [0.5, 0.6) is 0 Å². The molecular formula is C18H40N4O. The Bertz CT molecular complexity index is 272. The van der Waals surface area contributed by atoms with Gasteiger partial charge in [-0.1, -0.05) is 6.92 Å². The molecular weight excluding hydrogens is 288 g/mol. The maximum atomic E-state index is 5.53. The Morgan fingerprint density at radius 1 is 0.826 bits per heavy atom. The normalized spacial score (nSPS) is 21.5. The molecule has 2 saturated heterocycles. The first-order chi connectivity index (χ1) is 11.0. The number of hydrogen-bond donors (Lipinski definition) is 1. The topological polar surface area (TPSA) is 31.0 Å². The van der Waals surface area contributed by atoms with E-state index in [-0.39, 0.29) is 0 Å². The lowest BCUT2D eigenvalue weighted by Crippen LogP contribution is -2.49. The maximum absolute atomic E-state index is 5.53. The van der Waals surface area contributed by atoms with Crippen LogP contribution in [0.3, 0.4) is 0 Å². The van der Waals surface area contributed by atoms with E-state index in [0.717, 1.165) is 52.0 Å². The van der Waals surface area contributed by atoms with Gasteiger partial charge in [-0.05, 0) is 34.1 Å². The largest absolute Gasteiger partial charge is 0.366 e. The molecule has 2 aliphatic heterocycles. The minimum absolute atomic E-state index is 0.689. The van der Waals surface area contributed by atoms with Crippen LogP contribution in [0.1, 0.15) is 41.0 Å². The van der Waals surface area contributed by atoms with E-state index < -0.39 is 0 Å². The first-order valence-corrected chi connectivity index (χ1v) is 9.53. The van der Waals surface area contributed by atoms with Crippen molar-refractivity contribution in [3.05, 3.63) is 0 Å². The molecule has 2 aliphatic rings. The van der Waals surface area contributed by atoms with Crippen LogP contribution in [0.4, 0.5) is 0 Å². The number of piperazine rings is 2. The molecule has 0 unspecified atom stereocenters. The zero-order chi connectivity index (χ0) is 17.1. The van der Waals surface area contributed by atoms with E-state index in [9.17, 15) is 0 Å². The summed E-state index contributed by atoms with van der Waals surface area (Å²) >= 11 is 0. The highest BCUT2D eigenvalue weighted by Gasteiger charge is 2.18. The van der Waals surface area contributed by atoms with Crippen molar-refractivity contribution in [1.82, 2.24) is 20.0 Å². The maximum Gasteiger partial charge on any atom is 0.0991 e. The molecule has 1 N–H and O–H groups in total. The summed E-state index contributed by atoms with van der Waals surface area (Å²) in [5.41, 5.74) is 0. The summed E-state index contributed by atoms with van der Waals surface area (Å²) in [5, 5.41) is 3.33. The molecule has 2 fully saturated rings. The molecule has 0 spiro atoms. The van der Waals surface area contributed by atoms with E-state index in [1.165, 1.54) is 26.2 Å². The molecule has 2 heterocycles. The van der Waals surface area contributed by atoms with Crippen LogP contribution >= 0.6 is 0 Å². The molecule has 0 atom stereocenters. The number of hydrogen-bond acceptors (Lipinski definition) is 5. The van der Waals surface area contributed by atoms with E-state index in [1.807, 2.05) is 0 Å². The third kappa shape index (κ3) is 9.01. The average molecular weight is 329 g/mol. The highest BCUT2D eigenvalue weighted by molar-refractivity contribution is 4.72. The van der Waals surface area contributed by atoms with E-state index in [2.05, 4.69) is 54.6 Å². The summed E-state index contributed by atoms with van der Waals surface area (Å²) in [7, 11) is 0. The Balaban J connectivity index is 0.000000253. The molecule has 0 aromatic carbocycles. The number of ether oxygens (including phenoxy) is 1. The van der Waals surface area contributed by atoms with Crippen molar-refractivity contribution in [3.63, 3.8) is 0 Å². The third-order valence-corrected chi connectivity index (χ3v) is 4.64. The summed E-state index contributed by atoms with van der Waals surface area (Å²) < 4.78 is 5.53. The molecule has 23 heavy (non-hydrogen) atoms. The lowest BCUT2D eigenvalue weighted by molar-refractivity contribution is -0.00268. The molecule has 0 amide bonds. The highest BCUT2D eigenvalue weighted by atomic mass is 16.5. The molecule has 0 saturated carbocycles. The van der Waals surface area contributed by atoms with Crippen molar-refractivity contribution < 1.29 is 4.74 Å². The average Bonchev–Trinajstić information content (AvgIpc) is 2.57. The van der Waals surface area contributed by atoms with Gasteiger partial charge in [-0.3, -0.25) is 14.7 Å². The van der Waals surface area contributed by atoms with E-state index in [1.54, 1.807) is 0 Å². The van der Waals surface area contributed by atoms with Gasteiger partial charge in [0, 0.05) is 71.0 Å². The standard InChI is InChI=1S/C11H24N2O.C7H16N2/c1-4-9-14-10-12-5-7-13(8-6-12)11(2)3;1-7(2)9-5-3-8-4-6-9/h11H,4-10H2,1-3H3;7-8H,3-6H2,1-2H3. The van der Waals surface area contributed by atoms with Crippen molar-refractivity contribution >= 4 is 0 Å². The molecule has 0 aliphatic carbocycles. The Morgan fingerprint density at radius 3 is 1.78 bits per heavy atom. The molecule has 0 radical (unpaired) electrons. The van der Waals surface area contributed by atoms with Gasteiger partial charge < -0.3 is 10.1 Å². The zero-order valence-corrected chi connectivity index (χ0v) is 16.2. The minimum Gasteiger partial charge on any atom is -0.366 e. The minimum atomic E-state index is 0.689. The second kappa shape index (κ2) is 12.2. The second-order valence-electron chi connectivity index (χ2n) is 7.16. The van der Waals surface area contributed by atoms with Gasteiger partial charge >= 0.3 is 0 Å². The van der Waals surface area contributed by atoms with Crippen LogP contribution in [0.25, 0.3) is 0 Å². The lowest BCUT2D eigenvalue weighted by atomic mass is 10.2. The molecule has 138 valence electrons. The van der Waals surface area contributed by atoms with Crippen LogP contribution in [-0.4, -0.2) is 92.5 Å². The Hall–Kier alpha value is -0.200. The van der Waals surface area contributed by atoms with Crippen molar-refractivity contribution in [2.24, 2.45) is 0 Å². The fraction of sp³-hybridized carbons (Fsp3) is 1.00. The molecule has 0 bridgehead atoms. The highest BCUT2D eigenvalue weighted by Crippen LogP contribution is 2.05. The predicted molar refractivity (Wildman–Crippen MR) is 99.0 cm³/mol. The Labute approximate surface area is 144 Å². The lowest BCUT2D eigenvalue weighted by Gasteiger charge is -2.36. The molecule has 2 rings (SSSR count). The van der Waals surface area contributed by atoms with E-state index in [0.29, 0.717) is 6.04 Å². The van der Waals surface area contributed by atoms with Gasteiger partial charge in [0.1, 0.15) is 0 Å². The van der Waals surface area contributed by atoms with Crippen molar-refractivity contribution in [1.29, 1.82) is 0 Å². The van der Waals surface area contributed by atoms with E-state index >= 15 is 0 Å².